The highest BCUT2D eigenvalue weighted by Gasteiger charge is 2.56. The summed E-state index contributed by atoms with van der Waals surface area (Å²) < 4.78 is 27.6. The molecule has 0 aromatic heterocycles. The third-order valence-corrected chi connectivity index (χ3v) is 3.62. The molecular weight excluding hydrogens is 306 g/mol. The highest BCUT2D eigenvalue weighted by Crippen LogP contribution is 2.38. The molecule has 23 heavy (non-hydrogen) atoms. The molecule has 2 fully saturated rings. The van der Waals surface area contributed by atoms with Crippen LogP contribution in [0.25, 0.3) is 0 Å². The van der Waals surface area contributed by atoms with Crippen LogP contribution in [0.4, 0.5) is 4.79 Å². The van der Waals surface area contributed by atoms with E-state index in [0.717, 1.165) is 0 Å². The largest absolute Gasteiger partial charge is 0.459 e. The second-order valence-electron chi connectivity index (χ2n) is 7.09. The Hall–Kier alpha value is -1.38. The van der Waals surface area contributed by atoms with Gasteiger partial charge in [0.15, 0.2) is 18.1 Å². The van der Waals surface area contributed by atoms with Gasteiger partial charge in [0.2, 0.25) is 0 Å². The maximum Gasteiger partial charge on any atom is 0.412 e. The summed E-state index contributed by atoms with van der Waals surface area (Å²) in [5.41, 5.74) is -0.639. The number of likely N-dealkylation sites (tertiary alicyclic amines) is 1. The molecule has 2 saturated heterocycles. The Kier molecular flexibility index (Phi) is 4.89. The molecule has 1 amide bonds. The quantitative estimate of drug-likeness (QED) is 0.720. The molecule has 2 aliphatic heterocycles. The number of piperidine rings is 1. The minimum atomic E-state index is -0.914. The fourth-order valence-electron chi connectivity index (χ4n) is 2.79. The number of ether oxygens (including phenoxy) is 5. The Morgan fingerprint density at radius 2 is 1.96 bits per heavy atom. The van der Waals surface area contributed by atoms with E-state index in [9.17, 15) is 9.59 Å². The highest BCUT2D eigenvalue weighted by atomic mass is 16.8. The second kappa shape index (κ2) is 6.26. The first-order valence-corrected chi connectivity index (χ1v) is 7.55. The van der Waals surface area contributed by atoms with E-state index in [1.807, 2.05) is 0 Å². The molecule has 0 spiro atoms. The molecule has 4 atom stereocenters. The van der Waals surface area contributed by atoms with Crippen LogP contribution in [0.2, 0.25) is 0 Å². The van der Waals surface area contributed by atoms with E-state index in [4.69, 9.17) is 23.7 Å². The molecule has 0 aromatic carbocycles. The van der Waals surface area contributed by atoms with E-state index in [-0.39, 0.29) is 6.54 Å². The molecule has 132 valence electrons. The molecule has 0 aliphatic carbocycles. The van der Waals surface area contributed by atoms with Crippen LogP contribution < -0.4 is 0 Å². The van der Waals surface area contributed by atoms with Crippen LogP contribution in [0.1, 0.15) is 34.6 Å². The van der Waals surface area contributed by atoms with Gasteiger partial charge in [0.25, 0.3) is 6.47 Å². The molecule has 2 aliphatic rings. The van der Waals surface area contributed by atoms with Crippen LogP contribution in [-0.4, -0.2) is 67.0 Å². The lowest BCUT2D eigenvalue weighted by Crippen LogP contribution is -2.63. The molecule has 0 N–H and O–H groups in total. The number of methoxy groups -OCH3 is 1. The summed E-state index contributed by atoms with van der Waals surface area (Å²) in [6.07, 6.45) is -3.09. The number of carbonyl (C=O) groups is 2. The summed E-state index contributed by atoms with van der Waals surface area (Å²) in [4.78, 5) is 24.7. The predicted octanol–water partition coefficient (Wildman–Crippen LogP) is 1.27. The summed E-state index contributed by atoms with van der Waals surface area (Å²) in [5, 5.41) is 0. The van der Waals surface area contributed by atoms with Crippen molar-refractivity contribution in [2.75, 3.05) is 13.7 Å². The molecule has 0 unspecified atom stereocenters. The molecule has 8 nitrogen and oxygen atoms in total. The summed E-state index contributed by atoms with van der Waals surface area (Å²) in [7, 11) is 1.49. The molecular formula is C15H25NO7. The lowest BCUT2D eigenvalue weighted by atomic mass is 10.00. The first kappa shape index (κ1) is 18.0. The number of fused-ring (bicyclic) bond motifs is 1. The Bertz CT molecular complexity index is 459. The van der Waals surface area contributed by atoms with Gasteiger partial charge in [-0.05, 0) is 34.6 Å². The Labute approximate surface area is 135 Å². The average molecular weight is 331 g/mol. The smallest absolute Gasteiger partial charge is 0.412 e. The summed E-state index contributed by atoms with van der Waals surface area (Å²) in [6.45, 7) is 9.35. The van der Waals surface area contributed by atoms with Gasteiger partial charge in [-0.25, -0.2) is 4.79 Å². The van der Waals surface area contributed by atoms with Gasteiger partial charge in [-0.15, -0.1) is 0 Å². The number of rotatable bonds is 3. The van der Waals surface area contributed by atoms with E-state index in [1.165, 1.54) is 12.0 Å². The van der Waals surface area contributed by atoms with Crippen molar-refractivity contribution >= 4 is 12.6 Å². The van der Waals surface area contributed by atoms with E-state index in [1.54, 1.807) is 34.6 Å². The zero-order valence-electron chi connectivity index (χ0n) is 14.4. The van der Waals surface area contributed by atoms with Gasteiger partial charge in [-0.2, -0.15) is 0 Å². The number of carbonyl (C=O) groups excluding carboxylic acids is 2. The number of nitrogens with zero attached hydrogens (tertiary/aromatic N) is 1. The van der Waals surface area contributed by atoms with Crippen LogP contribution >= 0.6 is 0 Å². The molecule has 0 aromatic rings. The summed E-state index contributed by atoms with van der Waals surface area (Å²) in [6, 6.07) is 0. The molecule has 0 bridgehead atoms. The third kappa shape index (κ3) is 3.94. The SMILES string of the molecule is CO[C@@H]1CN(C(=O)OC(C)(C)C)[C@H]2OC(C)(C)O[C@H]2[C@@H]1OC=O. The first-order chi connectivity index (χ1) is 10.6. The molecule has 0 saturated carbocycles. The van der Waals surface area contributed by atoms with Crippen molar-refractivity contribution in [3.8, 4) is 0 Å². The van der Waals surface area contributed by atoms with Crippen molar-refractivity contribution in [1.82, 2.24) is 4.90 Å². The van der Waals surface area contributed by atoms with E-state index in [2.05, 4.69) is 0 Å². The van der Waals surface area contributed by atoms with E-state index in [0.29, 0.717) is 6.47 Å². The van der Waals surface area contributed by atoms with Crippen molar-refractivity contribution in [1.29, 1.82) is 0 Å². The van der Waals surface area contributed by atoms with Gasteiger partial charge in [0.1, 0.15) is 17.8 Å². The zero-order valence-corrected chi connectivity index (χ0v) is 14.4. The van der Waals surface area contributed by atoms with Crippen LogP contribution in [0.5, 0.6) is 0 Å². The maximum atomic E-state index is 12.5. The summed E-state index contributed by atoms with van der Waals surface area (Å²) in [5.74, 6) is -0.914. The van der Waals surface area contributed by atoms with Crippen LogP contribution in [-0.2, 0) is 28.5 Å². The lowest BCUT2D eigenvalue weighted by molar-refractivity contribution is -0.178. The minimum Gasteiger partial charge on any atom is -0.459 e. The number of hydrogen-bond donors (Lipinski definition) is 0. The molecule has 8 heteroatoms. The normalized spacial score (nSPS) is 33.0. The van der Waals surface area contributed by atoms with Gasteiger partial charge >= 0.3 is 6.09 Å². The van der Waals surface area contributed by atoms with Crippen molar-refractivity contribution in [3.63, 3.8) is 0 Å². The van der Waals surface area contributed by atoms with Crippen LogP contribution in [0, 0.1) is 0 Å². The number of amides is 1. The van der Waals surface area contributed by atoms with Crippen LogP contribution in [0.15, 0.2) is 0 Å². The van der Waals surface area contributed by atoms with E-state index >= 15 is 0 Å². The van der Waals surface area contributed by atoms with Crippen molar-refractivity contribution in [3.05, 3.63) is 0 Å². The highest BCUT2D eigenvalue weighted by molar-refractivity contribution is 5.69. The topological polar surface area (TPSA) is 83.5 Å². The predicted molar refractivity (Wildman–Crippen MR) is 78.5 cm³/mol. The first-order valence-electron chi connectivity index (χ1n) is 7.55. The Balaban J connectivity index is 2.27. The summed E-state index contributed by atoms with van der Waals surface area (Å²) >= 11 is 0. The molecule has 2 rings (SSSR count). The van der Waals surface area contributed by atoms with Crippen molar-refractivity contribution in [2.24, 2.45) is 0 Å². The number of hydrogen-bond acceptors (Lipinski definition) is 7. The standard InChI is InChI=1S/C15H25NO7/c1-14(2,3)23-13(18)16-7-9(19-6)10(20-8-17)11-12(16)22-15(4,5)21-11/h8-12H,7H2,1-6H3/t9-,10-,11+,12+/m1/s1. The molecule has 0 radical (unpaired) electrons. The van der Waals surface area contributed by atoms with Crippen LogP contribution in [0.3, 0.4) is 0 Å². The second-order valence-corrected chi connectivity index (χ2v) is 7.09. The van der Waals surface area contributed by atoms with Gasteiger partial charge in [0.05, 0.1) is 6.54 Å². The van der Waals surface area contributed by atoms with E-state index < -0.39 is 42.0 Å². The third-order valence-electron chi connectivity index (χ3n) is 3.62. The van der Waals surface area contributed by atoms with Crippen molar-refractivity contribution in [2.45, 2.75) is 70.5 Å². The van der Waals surface area contributed by atoms with Gasteiger partial charge in [-0.3, -0.25) is 9.69 Å². The minimum absolute atomic E-state index is 0.171. The zero-order chi connectivity index (χ0) is 17.4. The fraction of sp³-hybridized carbons (Fsp3) is 0.867. The van der Waals surface area contributed by atoms with Gasteiger partial charge in [0, 0.05) is 7.11 Å². The lowest BCUT2D eigenvalue weighted by Gasteiger charge is -2.42. The maximum absolute atomic E-state index is 12.5. The fourth-order valence-corrected chi connectivity index (χ4v) is 2.79. The Morgan fingerprint density at radius 3 is 2.48 bits per heavy atom. The molecule has 2 heterocycles. The Morgan fingerprint density at radius 1 is 1.30 bits per heavy atom. The van der Waals surface area contributed by atoms with Gasteiger partial charge in [-0.1, -0.05) is 0 Å². The monoisotopic (exact) mass is 331 g/mol. The van der Waals surface area contributed by atoms with Crippen molar-refractivity contribution < 1.29 is 33.3 Å². The average Bonchev–Trinajstić information content (AvgIpc) is 2.72. The van der Waals surface area contributed by atoms with Gasteiger partial charge < -0.3 is 23.7 Å².